The molecule has 0 saturated heterocycles. The Bertz CT molecular complexity index is 1440. The summed E-state index contributed by atoms with van der Waals surface area (Å²) in [7, 11) is 0. The molecular weight excluding hydrogens is 506 g/mol. The first-order valence-corrected chi connectivity index (χ1v) is 11.4. The van der Waals surface area contributed by atoms with E-state index in [4.69, 9.17) is 9.97 Å². The fourth-order valence-corrected chi connectivity index (χ4v) is 6.00. The molecule has 10 nitrogen and oxygen atoms in total. The number of hydrogen-bond donors (Lipinski definition) is 1. The minimum absolute atomic E-state index is 0.102. The zero-order valence-electron chi connectivity index (χ0n) is 18.6. The zero-order chi connectivity index (χ0) is 24.6. The molecule has 11 heteroatoms. The highest BCUT2D eigenvalue weighted by atomic mass is 79.9. The molecule has 1 heterocycles. The van der Waals surface area contributed by atoms with Crippen LogP contribution in [-0.2, 0) is 15.6 Å². The van der Waals surface area contributed by atoms with Crippen LogP contribution in [0.3, 0.4) is 0 Å². The molecule has 174 valence electrons. The molecule has 0 spiro atoms. The highest BCUT2D eigenvalue weighted by molar-refractivity contribution is 9.10. The smallest absolute Gasteiger partial charge is 0.271 e. The molecule has 2 aliphatic rings. The number of non-ortho nitro benzene ring substituents is 2. The average molecular weight is 526 g/mol. The van der Waals surface area contributed by atoms with E-state index in [1.807, 2.05) is 13.8 Å². The van der Waals surface area contributed by atoms with E-state index in [9.17, 15) is 25.0 Å². The molecule has 5 rings (SSSR count). The summed E-state index contributed by atoms with van der Waals surface area (Å²) in [5.74, 6) is -0.333. The van der Waals surface area contributed by atoms with Gasteiger partial charge in [0.15, 0.2) is 0 Å². The number of aromatic nitrogens is 2. The van der Waals surface area contributed by atoms with Gasteiger partial charge in [0.25, 0.3) is 11.4 Å². The highest BCUT2D eigenvalue weighted by Gasteiger charge is 2.73. The van der Waals surface area contributed by atoms with Crippen molar-refractivity contribution in [2.24, 2.45) is 5.41 Å². The maximum atomic E-state index is 14.0. The summed E-state index contributed by atoms with van der Waals surface area (Å²) >= 11 is 3.36. The van der Waals surface area contributed by atoms with Crippen LogP contribution in [0.15, 0.2) is 40.9 Å². The summed E-state index contributed by atoms with van der Waals surface area (Å²) in [6.45, 7) is 6.10. The van der Waals surface area contributed by atoms with Crippen molar-refractivity contribution in [2.45, 2.75) is 44.4 Å². The number of anilines is 1. The molecule has 0 radical (unpaired) electrons. The monoisotopic (exact) mass is 525 g/mol. The Morgan fingerprint density at radius 3 is 2.24 bits per heavy atom. The van der Waals surface area contributed by atoms with Crippen LogP contribution in [0.4, 0.5) is 17.1 Å². The van der Waals surface area contributed by atoms with Crippen LogP contribution in [0.25, 0.3) is 11.0 Å². The minimum Gasteiger partial charge on any atom is -0.324 e. The fourth-order valence-electron chi connectivity index (χ4n) is 5.66. The number of hydrogen-bond acceptors (Lipinski definition) is 7. The first kappa shape index (κ1) is 22.3. The quantitative estimate of drug-likeness (QED) is 0.365. The van der Waals surface area contributed by atoms with Crippen LogP contribution < -0.4 is 5.32 Å². The molecule has 1 aromatic heterocycles. The first-order chi connectivity index (χ1) is 15.9. The van der Waals surface area contributed by atoms with Gasteiger partial charge in [0.2, 0.25) is 5.91 Å². The van der Waals surface area contributed by atoms with Gasteiger partial charge in [0.05, 0.1) is 43.4 Å². The number of nitrogens with one attached hydrogen (secondary N) is 1. The van der Waals surface area contributed by atoms with Crippen LogP contribution in [0.1, 0.15) is 45.0 Å². The second-order valence-electron chi connectivity index (χ2n) is 9.59. The number of nitrogens with zero attached hydrogens (tertiary/aromatic N) is 4. The van der Waals surface area contributed by atoms with Gasteiger partial charge in [0.1, 0.15) is 0 Å². The van der Waals surface area contributed by atoms with Crippen molar-refractivity contribution in [3.05, 3.63) is 72.5 Å². The Labute approximate surface area is 202 Å². The summed E-state index contributed by atoms with van der Waals surface area (Å²) < 4.78 is 0.514. The standard InChI is InChI=1S/C23H20BrN5O5/c1-21(2)22(3)8-9-23(21,20(30)27-16-10-12(28(31)32)4-6-14(16)24)19-18(22)25-15-7-5-13(29(33)34)11-17(15)26-19/h4-7,10-11H,8-9H2,1-3H3,(H,27,30). The van der Waals surface area contributed by atoms with Gasteiger partial charge in [-0.1, -0.05) is 20.8 Å². The zero-order valence-corrected chi connectivity index (χ0v) is 20.2. The van der Waals surface area contributed by atoms with E-state index in [1.54, 1.807) is 6.07 Å². The topological polar surface area (TPSA) is 141 Å². The van der Waals surface area contributed by atoms with E-state index in [0.29, 0.717) is 34.0 Å². The summed E-state index contributed by atoms with van der Waals surface area (Å²) in [6.07, 6.45) is 1.22. The number of carbonyl (C=O) groups excluding carboxylic acids is 1. The lowest BCUT2D eigenvalue weighted by Crippen LogP contribution is -2.48. The lowest BCUT2D eigenvalue weighted by molar-refractivity contribution is -0.384. The van der Waals surface area contributed by atoms with Gasteiger partial charge in [-0.25, -0.2) is 9.97 Å². The predicted octanol–water partition coefficient (Wildman–Crippen LogP) is 5.18. The van der Waals surface area contributed by atoms with E-state index in [0.717, 1.165) is 5.69 Å². The summed E-state index contributed by atoms with van der Waals surface area (Å²) in [6, 6.07) is 8.52. The Hall–Kier alpha value is -3.47. The van der Waals surface area contributed by atoms with Crippen molar-refractivity contribution in [3.63, 3.8) is 0 Å². The van der Waals surface area contributed by atoms with E-state index in [2.05, 4.69) is 28.2 Å². The summed E-state index contributed by atoms with van der Waals surface area (Å²) in [5, 5.41) is 25.4. The van der Waals surface area contributed by atoms with E-state index in [-0.39, 0.29) is 23.0 Å². The van der Waals surface area contributed by atoms with Gasteiger partial charge in [-0.15, -0.1) is 0 Å². The third-order valence-corrected chi connectivity index (χ3v) is 8.72. The van der Waals surface area contributed by atoms with Gasteiger partial charge < -0.3 is 5.32 Å². The normalized spacial score (nSPS) is 24.1. The van der Waals surface area contributed by atoms with Gasteiger partial charge in [-0.05, 0) is 46.3 Å². The van der Waals surface area contributed by atoms with Crippen LogP contribution in [-0.4, -0.2) is 25.7 Å². The number of fused-ring (bicyclic) bond motifs is 6. The van der Waals surface area contributed by atoms with Gasteiger partial charge in [-0.2, -0.15) is 0 Å². The molecule has 1 fully saturated rings. The van der Waals surface area contributed by atoms with Crippen molar-refractivity contribution in [1.29, 1.82) is 0 Å². The third-order valence-electron chi connectivity index (χ3n) is 8.03. The number of rotatable bonds is 4. The number of nitro groups is 2. The summed E-state index contributed by atoms with van der Waals surface area (Å²) in [4.78, 5) is 45.1. The molecule has 1 saturated carbocycles. The van der Waals surface area contributed by atoms with Gasteiger partial charge >= 0.3 is 0 Å². The maximum absolute atomic E-state index is 14.0. The second kappa shape index (κ2) is 7.02. The van der Waals surface area contributed by atoms with Crippen LogP contribution in [0.5, 0.6) is 0 Å². The number of benzene rings is 2. The SMILES string of the molecule is CC12CCC(C(=O)Nc3cc([N+](=O)[O-])ccc3Br)(c3nc4cc([N+](=O)[O-])ccc4nc31)C2(C)C. The second-order valence-corrected chi connectivity index (χ2v) is 10.4. The van der Waals surface area contributed by atoms with Gasteiger partial charge in [-0.3, -0.25) is 25.0 Å². The van der Waals surface area contributed by atoms with E-state index >= 15 is 0 Å². The molecule has 2 aliphatic carbocycles. The third kappa shape index (κ3) is 2.70. The fraction of sp³-hybridized carbons (Fsp3) is 0.348. The lowest BCUT2D eigenvalue weighted by atomic mass is 9.63. The van der Waals surface area contributed by atoms with Crippen molar-refractivity contribution in [1.82, 2.24) is 9.97 Å². The van der Waals surface area contributed by atoms with E-state index < -0.39 is 26.1 Å². The number of carbonyl (C=O) groups is 1. The van der Waals surface area contributed by atoms with Gasteiger partial charge in [0, 0.05) is 34.2 Å². The van der Waals surface area contributed by atoms with Crippen molar-refractivity contribution in [2.75, 3.05) is 5.32 Å². The molecule has 2 atom stereocenters. The lowest BCUT2D eigenvalue weighted by Gasteiger charge is -2.39. The molecule has 2 bridgehead atoms. The molecule has 34 heavy (non-hydrogen) atoms. The number of nitro benzene ring substituents is 2. The Morgan fingerprint density at radius 2 is 1.56 bits per heavy atom. The van der Waals surface area contributed by atoms with Crippen molar-refractivity contribution < 1.29 is 14.6 Å². The molecule has 1 amide bonds. The molecule has 2 aromatic carbocycles. The van der Waals surface area contributed by atoms with E-state index in [1.165, 1.54) is 30.3 Å². The molecule has 2 unspecified atom stereocenters. The summed E-state index contributed by atoms with van der Waals surface area (Å²) in [5.41, 5.74) is 0.0751. The Balaban J connectivity index is 1.68. The molecule has 3 aromatic rings. The predicted molar refractivity (Wildman–Crippen MR) is 128 cm³/mol. The molecule has 0 aliphatic heterocycles. The first-order valence-electron chi connectivity index (χ1n) is 10.6. The van der Waals surface area contributed by atoms with Crippen LogP contribution >= 0.6 is 15.9 Å². The minimum atomic E-state index is -1.06. The van der Waals surface area contributed by atoms with Crippen LogP contribution in [0, 0.1) is 25.6 Å². The molecular formula is C23H20BrN5O5. The van der Waals surface area contributed by atoms with Crippen molar-refractivity contribution >= 4 is 49.9 Å². The van der Waals surface area contributed by atoms with Crippen LogP contribution in [0.2, 0.25) is 0 Å². The van der Waals surface area contributed by atoms with Crippen molar-refractivity contribution in [3.8, 4) is 0 Å². The highest BCUT2D eigenvalue weighted by Crippen LogP contribution is 2.70. The number of halogens is 1. The maximum Gasteiger partial charge on any atom is 0.271 e. The largest absolute Gasteiger partial charge is 0.324 e. The molecule has 1 N–H and O–H groups in total. The Kier molecular flexibility index (Phi) is 4.61. The average Bonchev–Trinajstić information content (AvgIpc) is 3.08. The Morgan fingerprint density at radius 1 is 0.941 bits per heavy atom. The number of amides is 1.